The Bertz CT molecular complexity index is 1060. The molecule has 12 atom stereocenters. The molecule has 0 bridgehead atoms. The highest BCUT2D eigenvalue weighted by Gasteiger charge is 2.68. The minimum absolute atomic E-state index is 0.101. The third-order valence-electron chi connectivity index (χ3n) is 12.7. The molecule has 10 nitrogen and oxygen atoms in total. The third-order valence-corrected chi connectivity index (χ3v) is 12.7. The van der Waals surface area contributed by atoms with Gasteiger partial charge in [-0.1, -0.05) is 6.92 Å². The lowest BCUT2D eigenvalue weighted by molar-refractivity contribution is -0.236. The Morgan fingerprint density at radius 1 is 0.933 bits per heavy atom. The first-order valence-electron chi connectivity index (χ1n) is 17.3. The highest BCUT2D eigenvalue weighted by atomic mass is 16.7. The van der Waals surface area contributed by atoms with Crippen molar-refractivity contribution in [2.24, 2.45) is 34.5 Å². The number of fused-ring (bicyclic) bond motifs is 5. The van der Waals surface area contributed by atoms with E-state index in [0.29, 0.717) is 32.2 Å². The van der Waals surface area contributed by atoms with Crippen molar-refractivity contribution in [1.82, 2.24) is 0 Å². The molecule has 0 aromatic heterocycles. The number of carbonyl (C=O) groups is 2. The highest BCUT2D eigenvalue weighted by molar-refractivity contribution is 5.85. The molecular weight excluding hydrogens is 580 g/mol. The molecule has 12 unspecified atom stereocenters. The SMILES string of the molecule is CC1CCCC(OC2CCC3(C=O)C(CCC4C3CCC3(C)C(C5=CC(=O)OC5)CCC43O)C2)O1.CO.OC1COCC(O)C1. The van der Waals surface area contributed by atoms with Crippen LogP contribution in [0.2, 0.25) is 0 Å². The van der Waals surface area contributed by atoms with Crippen molar-refractivity contribution >= 4 is 12.3 Å². The van der Waals surface area contributed by atoms with Crippen LogP contribution in [-0.4, -0.2) is 95.9 Å². The molecule has 45 heavy (non-hydrogen) atoms. The number of cyclic esters (lactones) is 1. The second kappa shape index (κ2) is 14.4. The molecule has 6 fully saturated rings. The molecule has 7 rings (SSSR count). The summed E-state index contributed by atoms with van der Waals surface area (Å²) >= 11 is 0. The zero-order valence-electron chi connectivity index (χ0n) is 27.4. The van der Waals surface area contributed by atoms with Crippen molar-refractivity contribution in [3.8, 4) is 0 Å². The quantitative estimate of drug-likeness (QED) is 0.205. The van der Waals surface area contributed by atoms with Gasteiger partial charge in [-0.3, -0.25) is 0 Å². The molecule has 3 aliphatic heterocycles. The van der Waals surface area contributed by atoms with Crippen LogP contribution in [0.3, 0.4) is 0 Å². The summed E-state index contributed by atoms with van der Waals surface area (Å²) in [5, 5.41) is 36.9. The molecule has 10 heteroatoms. The number of hydrogen-bond acceptors (Lipinski definition) is 10. The van der Waals surface area contributed by atoms with E-state index < -0.39 is 17.8 Å². The number of aldehydes is 1. The van der Waals surface area contributed by atoms with Crippen LogP contribution in [0.5, 0.6) is 0 Å². The molecule has 0 aromatic carbocycles. The van der Waals surface area contributed by atoms with Gasteiger partial charge in [0.2, 0.25) is 0 Å². The monoisotopic (exact) mass is 636 g/mol. The number of aliphatic hydroxyl groups excluding tert-OH is 3. The molecule has 256 valence electrons. The van der Waals surface area contributed by atoms with Crippen LogP contribution in [0.15, 0.2) is 11.6 Å². The van der Waals surface area contributed by atoms with E-state index in [1.165, 1.54) is 6.29 Å². The topological polar surface area (TPSA) is 152 Å². The van der Waals surface area contributed by atoms with E-state index in [-0.39, 0.29) is 53.1 Å². The number of esters is 1. The number of carbonyl (C=O) groups excluding carboxylic acids is 2. The summed E-state index contributed by atoms with van der Waals surface area (Å²) in [6.07, 6.45) is 14.2. The normalized spacial score (nSPS) is 47.3. The Balaban J connectivity index is 0.000000346. The molecule has 4 saturated carbocycles. The minimum atomic E-state index is -0.784. The average molecular weight is 637 g/mol. The molecule has 0 radical (unpaired) electrons. The zero-order valence-corrected chi connectivity index (χ0v) is 27.4. The van der Waals surface area contributed by atoms with Crippen molar-refractivity contribution in [3.63, 3.8) is 0 Å². The number of rotatable bonds is 4. The second-order valence-electron chi connectivity index (χ2n) is 14.9. The summed E-state index contributed by atoms with van der Waals surface area (Å²) in [4.78, 5) is 24.7. The summed E-state index contributed by atoms with van der Waals surface area (Å²) in [6, 6.07) is 0. The summed E-state index contributed by atoms with van der Waals surface area (Å²) in [5.41, 5.74) is -0.333. The lowest BCUT2D eigenvalue weighted by atomic mass is 9.43. The maximum absolute atomic E-state index is 12.9. The molecule has 0 amide bonds. The van der Waals surface area contributed by atoms with Gasteiger partial charge in [-0.25, -0.2) is 4.79 Å². The lowest BCUT2D eigenvalue weighted by Gasteiger charge is -2.63. The van der Waals surface area contributed by atoms with Crippen LogP contribution in [0, 0.1) is 34.5 Å². The second-order valence-corrected chi connectivity index (χ2v) is 14.9. The standard InChI is InChI=1S/C29H42O6.C5H10O3.CH4O/c1-18-4-3-5-26(34-18)35-21-8-12-28(17-30)20(15-21)6-7-24-23(28)9-11-27(2)22(10-13-29(24,27)32)19-14-25(31)33-16-19;6-4-1-5(7)3-8-2-4;1-2/h14,17-18,20-24,26,32H,3-13,15-16H2,1-2H3;4-7H,1-3H2;2H,1H3. The van der Waals surface area contributed by atoms with Gasteiger partial charge in [0, 0.05) is 30.4 Å². The Hall–Kier alpha value is -1.40. The van der Waals surface area contributed by atoms with E-state index in [1.54, 1.807) is 6.08 Å². The largest absolute Gasteiger partial charge is 0.458 e. The molecular formula is C35H56O10. The van der Waals surface area contributed by atoms with Crippen molar-refractivity contribution in [1.29, 1.82) is 0 Å². The van der Waals surface area contributed by atoms with E-state index in [0.717, 1.165) is 89.7 Å². The maximum Gasteiger partial charge on any atom is 0.331 e. The molecule has 3 heterocycles. The minimum Gasteiger partial charge on any atom is -0.458 e. The van der Waals surface area contributed by atoms with E-state index in [2.05, 4.69) is 13.8 Å². The molecule has 7 aliphatic rings. The number of hydrogen-bond donors (Lipinski definition) is 4. The average Bonchev–Trinajstić information content (AvgIpc) is 3.57. The Morgan fingerprint density at radius 2 is 1.69 bits per heavy atom. The van der Waals surface area contributed by atoms with Gasteiger partial charge in [-0.2, -0.15) is 0 Å². The summed E-state index contributed by atoms with van der Waals surface area (Å²) in [5.74, 6) is 0.644. The molecule has 4 N–H and O–H groups in total. The molecule has 4 aliphatic carbocycles. The number of ether oxygens (including phenoxy) is 4. The Kier molecular flexibility index (Phi) is 11.2. The van der Waals surface area contributed by atoms with Gasteiger partial charge in [-0.15, -0.1) is 0 Å². The third kappa shape index (κ3) is 6.67. The molecule has 0 spiro atoms. The van der Waals surface area contributed by atoms with Crippen LogP contribution >= 0.6 is 0 Å². The highest BCUT2D eigenvalue weighted by Crippen LogP contribution is 2.69. The zero-order chi connectivity index (χ0) is 32.4. The first-order valence-corrected chi connectivity index (χ1v) is 17.3. The van der Waals surface area contributed by atoms with Gasteiger partial charge in [0.05, 0.1) is 43.2 Å². The fourth-order valence-electron chi connectivity index (χ4n) is 10.5. The van der Waals surface area contributed by atoms with E-state index in [1.807, 2.05) is 0 Å². The van der Waals surface area contributed by atoms with Crippen molar-refractivity contribution in [3.05, 3.63) is 11.6 Å². The van der Waals surface area contributed by atoms with Gasteiger partial charge in [0.15, 0.2) is 6.29 Å². The molecule has 0 aromatic rings. The predicted molar refractivity (Wildman–Crippen MR) is 165 cm³/mol. The number of aliphatic hydroxyl groups is 4. The van der Waals surface area contributed by atoms with E-state index in [9.17, 15) is 14.7 Å². The first-order chi connectivity index (χ1) is 21.6. The van der Waals surface area contributed by atoms with Gasteiger partial charge in [0.25, 0.3) is 0 Å². The summed E-state index contributed by atoms with van der Waals surface area (Å²) in [7, 11) is 1.00. The van der Waals surface area contributed by atoms with Crippen molar-refractivity contribution in [2.75, 3.05) is 26.9 Å². The van der Waals surface area contributed by atoms with Gasteiger partial charge >= 0.3 is 5.97 Å². The van der Waals surface area contributed by atoms with Gasteiger partial charge < -0.3 is 44.2 Å². The maximum atomic E-state index is 12.9. The van der Waals surface area contributed by atoms with E-state index in [4.69, 9.17) is 34.3 Å². The van der Waals surface area contributed by atoms with E-state index >= 15 is 0 Å². The van der Waals surface area contributed by atoms with Crippen LogP contribution in [0.1, 0.15) is 97.3 Å². The smallest absolute Gasteiger partial charge is 0.331 e. The molecule has 2 saturated heterocycles. The Labute approximate surface area is 267 Å². The Morgan fingerprint density at radius 3 is 2.31 bits per heavy atom. The van der Waals surface area contributed by atoms with Crippen LogP contribution in [0.4, 0.5) is 0 Å². The fourth-order valence-corrected chi connectivity index (χ4v) is 10.5. The summed E-state index contributed by atoms with van der Waals surface area (Å²) < 4.78 is 22.5. The first kappa shape index (κ1) is 34.9. The van der Waals surface area contributed by atoms with Crippen molar-refractivity contribution < 1.29 is 49.0 Å². The van der Waals surface area contributed by atoms with Crippen molar-refractivity contribution in [2.45, 2.75) is 134 Å². The van der Waals surface area contributed by atoms with Crippen LogP contribution in [0.25, 0.3) is 0 Å². The van der Waals surface area contributed by atoms with Gasteiger partial charge in [0.1, 0.15) is 12.9 Å². The lowest BCUT2D eigenvalue weighted by Crippen LogP contribution is -2.63. The predicted octanol–water partition coefficient (Wildman–Crippen LogP) is 3.46. The van der Waals surface area contributed by atoms with Gasteiger partial charge in [-0.05, 0) is 113 Å². The van der Waals surface area contributed by atoms with Crippen LogP contribution in [-0.2, 0) is 28.5 Å². The fraction of sp³-hybridized carbons (Fsp3) is 0.886. The van der Waals surface area contributed by atoms with Crippen LogP contribution < -0.4 is 0 Å². The summed E-state index contributed by atoms with van der Waals surface area (Å²) in [6.45, 7) is 5.47.